The van der Waals surface area contributed by atoms with Crippen molar-refractivity contribution in [3.8, 4) is 0 Å². The van der Waals surface area contributed by atoms with Crippen LogP contribution < -0.4 is 5.56 Å². The van der Waals surface area contributed by atoms with E-state index in [1.54, 1.807) is 11.3 Å². The van der Waals surface area contributed by atoms with E-state index in [0.29, 0.717) is 5.16 Å². The van der Waals surface area contributed by atoms with Crippen molar-refractivity contribution in [3.05, 3.63) is 62.8 Å². The van der Waals surface area contributed by atoms with Crippen LogP contribution in [-0.2, 0) is 0 Å². The summed E-state index contributed by atoms with van der Waals surface area (Å²) in [6.45, 7) is 4.00. The molecule has 1 N–H and O–H groups in total. The molecule has 0 amide bonds. The molecule has 0 unspecified atom stereocenters. The van der Waals surface area contributed by atoms with Gasteiger partial charge in [-0.1, -0.05) is 54.2 Å². The maximum absolute atomic E-state index is 12.2. The number of hydrogen-bond donors (Lipinski definition) is 1. The lowest BCUT2D eigenvalue weighted by atomic mass is 10.2. The molecule has 1 aromatic carbocycles. The van der Waals surface area contributed by atoms with Crippen LogP contribution in [0.15, 0.2) is 46.4 Å². The second kappa shape index (κ2) is 6.50. The Morgan fingerprint density at radius 1 is 1.27 bits per heavy atom. The van der Waals surface area contributed by atoms with Gasteiger partial charge in [-0.05, 0) is 25.0 Å². The van der Waals surface area contributed by atoms with Gasteiger partial charge in [0.2, 0.25) is 0 Å². The van der Waals surface area contributed by atoms with Gasteiger partial charge in [-0.15, -0.1) is 11.3 Å². The molecule has 112 valence electrons. The number of thioether (sulfide) groups is 1. The minimum atomic E-state index is -0.0404. The number of hydrogen-bond acceptors (Lipinski definition) is 4. The van der Waals surface area contributed by atoms with Crippen molar-refractivity contribution in [1.29, 1.82) is 0 Å². The molecular formula is C17H16N2OS2. The molecule has 3 aromatic rings. The van der Waals surface area contributed by atoms with Gasteiger partial charge in [0.1, 0.15) is 4.83 Å². The number of nitrogens with one attached hydrogen (secondary N) is 1. The molecule has 0 spiro atoms. The van der Waals surface area contributed by atoms with Crippen LogP contribution in [-0.4, -0.2) is 15.7 Å². The molecule has 2 heterocycles. The summed E-state index contributed by atoms with van der Waals surface area (Å²) in [5.41, 5.74) is 2.17. The minimum Gasteiger partial charge on any atom is -0.301 e. The predicted octanol–water partition coefficient (Wildman–Crippen LogP) is 4.41. The Morgan fingerprint density at radius 3 is 2.82 bits per heavy atom. The molecule has 0 atom stereocenters. The number of nitrogens with zero attached hydrogens (tertiary/aromatic N) is 1. The maximum Gasteiger partial charge on any atom is 0.260 e. The van der Waals surface area contributed by atoms with Crippen LogP contribution in [0.4, 0.5) is 0 Å². The van der Waals surface area contributed by atoms with E-state index in [4.69, 9.17) is 0 Å². The number of aryl methyl sites for hydroxylation is 2. The van der Waals surface area contributed by atoms with Gasteiger partial charge in [-0.3, -0.25) is 4.79 Å². The number of aromatic nitrogens is 2. The van der Waals surface area contributed by atoms with Gasteiger partial charge in [-0.25, -0.2) is 4.98 Å². The van der Waals surface area contributed by atoms with E-state index in [1.165, 1.54) is 17.3 Å². The first kappa shape index (κ1) is 15.1. The van der Waals surface area contributed by atoms with Gasteiger partial charge in [0.05, 0.1) is 5.39 Å². The lowest BCUT2D eigenvalue weighted by Crippen LogP contribution is -2.08. The highest BCUT2D eigenvalue weighted by atomic mass is 32.2. The summed E-state index contributed by atoms with van der Waals surface area (Å²) in [6.07, 6.45) is 4.15. The highest BCUT2D eigenvalue weighted by Gasteiger charge is 2.11. The van der Waals surface area contributed by atoms with Gasteiger partial charge in [0.25, 0.3) is 5.56 Å². The van der Waals surface area contributed by atoms with Gasteiger partial charge in [-0.2, -0.15) is 0 Å². The first-order valence-corrected chi connectivity index (χ1v) is 8.80. The van der Waals surface area contributed by atoms with Crippen LogP contribution >= 0.6 is 23.1 Å². The van der Waals surface area contributed by atoms with Crippen LogP contribution in [0.1, 0.15) is 16.0 Å². The second-order valence-electron chi connectivity index (χ2n) is 4.96. The summed E-state index contributed by atoms with van der Waals surface area (Å²) in [7, 11) is 0. The summed E-state index contributed by atoms with van der Waals surface area (Å²) in [4.78, 5) is 21.6. The van der Waals surface area contributed by atoms with Gasteiger partial charge >= 0.3 is 0 Å². The van der Waals surface area contributed by atoms with E-state index in [9.17, 15) is 4.79 Å². The third-order valence-corrected chi connectivity index (χ3v) is 5.37. The van der Waals surface area contributed by atoms with E-state index < -0.39 is 0 Å². The van der Waals surface area contributed by atoms with Gasteiger partial charge in [0, 0.05) is 10.6 Å². The zero-order valence-electron chi connectivity index (χ0n) is 12.4. The number of H-pyrrole nitrogens is 1. The molecular weight excluding hydrogens is 312 g/mol. The number of fused-ring (bicyclic) bond motifs is 1. The summed E-state index contributed by atoms with van der Waals surface area (Å²) < 4.78 is 0. The largest absolute Gasteiger partial charge is 0.301 e. The average Bonchev–Trinajstić information content (AvgIpc) is 2.80. The van der Waals surface area contributed by atoms with Crippen LogP contribution in [0.25, 0.3) is 16.3 Å². The lowest BCUT2D eigenvalue weighted by Gasteiger charge is -1.98. The summed E-state index contributed by atoms with van der Waals surface area (Å²) in [5, 5.41) is 1.41. The van der Waals surface area contributed by atoms with Gasteiger partial charge in [0.15, 0.2) is 5.16 Å². The van der Waals surface area contributed by atoms with Crippen molar-refractivity contribution in [2.75, 3.05) is 5.75 Å². The summed E-state index contributed by atoms with van der Waals surface area (Å²) in [5.74, 6) is 0.771. The minimum absolute atomic E-state index is 0.0404. The zero-order valence-corrected chi connectivity index (χ0v) is 14.1. The standard InChI is InChI=1S/C17H16N2OS2/c1-11-12(2)22-16-14(11)15(20)18-17(19-16)21-10-6-9-13-7-4-3-5-8-13/h3-9H,10H2,1-2H3,(H,18,19,20). The number of aromatic amines is 1. The normalized spacial score (nSPS) is 11.5. The Labute approximate surface area is 137 Å². The third kappa shape index (κ3) is 3.15. The molecule has 5 heteroatoms. The molecule has 0 aliphatic carbocycles. The van der Waals surface area contributed by atoms with Gasteiger partial charge < -0.3 is 4.98 Å². The fraction of sp³-hybridized carbons (Fsp3) is 0.176. The summed E-state index contributed by atoms with van der Waals surface area (Å²) >= 11 is 3.12. The number of thiophene rings is 1. The molecule has 0 fully saturated rings. The van der Waals surface area contributed by atoms with E-state index in [2.05, 4.69) is 34.3 Å². The van der Waals surface area contributed by atoms with Crippen molar-refractivity contribution in [2.24, 2.45) is 0 Å². The number of rotatable bonds is 4. The first-order valence-electron chi connectivity index (χ1n) is 6.99. The smallest absolute Gasteiger partial charge is 0.260 e. The molecule has 22 heavy (non-hydrogen) atoms. The van der Waals surface area contributed by atoms with E-state index >= 15 is 0 Å². The molecule has 3 rings (SSSR count). The molecule has 0 aliphatic heterocycles. The fourth-order valence-electron chi connectivity index (χ4n) is 2.18. The highest BCUT2D eigenvalue weighted by molar-refractivity contribution is 7.99. The quantitative estimate of drug-likeness (QED) is 0.570. The highest BCUT2D eigenvalue weighted by Crippen LogP contribution is 2.27. The Hall–Kier alpha value is -1.85. The third-order valence-electron chi connectivity index (χ3n) is 3.44. The van der Waals surface area contributed by atoms with Crippen LogP contribution in [0, 0.1) is 13.8 Å². The molecule has 2 aromatic heterocycles. The maximum atomic E-state index is 12.2. The molecule has 3 nitrogen and oxygen atoms in total. The van der Waals surface area contributed by atoms with Crippen LogP contribution in [0.5, 0.6) is 0 Å². The molecule has 0 aliphatic rings. The Kier molecular flexibility index (Phi) is 4.45. The van der Waals surface area contributed by atoms with Crippen molar-refractivity contribution in [2.45, 2.75) is 19.0 Å². The monoisotopic (exact) mass is 328 g/mol. The topological polar surface area (TPSA) is 45.8 Å². The molecule has 0 saturated heterocycles. The Balaban J connectivity index is 1.75. The second-order valence-corrected chi connectivity index (χ2v) is 7.17. The van der Waals surface area contributed by atoms with Crippen LogP contribution in [0.3, 0.4) is 0 Å². The van der Waals surface area contributed by atoms with E-state index in [-0.39, 0.29) is 5.56 Å². The van der Waals surface area contributed by atoms with E-state index in [0.717, 1.165) is 26.4 Å². The van der Waals surface area contributed by atoms with Crippen molar-refractivity contribution in [3.63, 3.8) is 0 Å². The Bertz CT molecular complexity index is 879. The first-order chi connectivity index (χ1) is 10.6. The van der Waals surface area contributed by atoms with Crippen molar-refractivity contribution < 1.29 is 0 Å². The molecule has 0 bridgehead atoms. The number of benzene rings is 1. The van der Waals surface area contributed by atoms with Crippen molar-refractivity contribution in [1.82, 2.24) is 9.97 Å². The average molecular weight is 328 g/mol. The molecule has 0 radical (unpaired) electrons. The lowest BCUT2D eigenvalue weighted by molar-refractivity contribution is 0.981. The molecule has 0 saturated carbocycles. The zero-order chi connectivity index (χ0) is 15.5. The Morgan fingerprint density at radius 2 is 2.05 bits per heavy atom. The SMILES string of the molecule is Cc1sc2nc(SCC=Cc3ccccc3)[nH]c(=O)c2c1C. The van der Waals surface area contributed by atoms with Crippen LogP contribution in [0.2, 0.25) is 0 Å². The van der Waals surface area contributed by atoms with E-state index in [1.807, 2.05) is 32.0 Å². The van der Waals surface area contributed by atoms with Crippen molar-refractivity contribution >= 4 is 39.4 Å². The summed E-state index contributed by atoms with van der Waals surface area (Å²) in [6, 6.07) is 10.2. The predicted molar refractivity (Wildman–Crippen MR) is 95.9 cm³/mol. The fourth-order valence-corrected chi connectivity index (χ4v) is 3.94.